The topological polar surface area (TPSA) is 34.1 Å². The summed E-state index contributed by atoms with van der Waals surface area (Å²) in [7, 11) is 1.53. The van der Waals surface area contributed by atoms with Gasteiger partial charge in [0.25, 0.3) is 0 Å². The van der Waals surface area contributed by atoms with E-state index >= 15 is 0 Å². The minimum atomic E-state index is -4.31. The van der Waals surface area contributed by atoms with Crippen LogP contribution in [-0.4, -0.2) is 12.1 Å². The Morgan fingerprint density at radius 3 is 2.45 bits per heavy atom. The molecule has 1 aromatic heterocycles. The second-order valence-corrected chi connectivity index (χ2v) is 4.10. The van der Waals surface area contributed by atoms with Gasteiger partial charge in [-0.05, 0) is 29.8 Å². The number of aromatic nitrogens is 1. The zero-order chi connectivity index (χ0) is 14.6. The van der Waals surface area contributed by atoms with Gasteiger partial charge in [0, 0.05) is 12.7 Å². The number of benzene rings is 1. The maximum Gasteiger partial charge on any atom is 0.416 e. The van der Waals surface area contributed by atoms with Gasteiger partial charge in [-0.25, -0.2) is 4.98 Å². The highest BCUT2D eigenvalue weighted by Crippen LogP contribution is 2.29. The summed E-state index contributed by atoms with van der Waals surface area (Å²) in [6.07, 6.45) is -2.70. The fraction of sp³-hybridized carbons (Fsp3) is 0.214. The SMILES string of the molecule is COc1cccnc1NCc1ccc(C(F)(F)F)cc1. The van der Waals surface area contributed by atoms with Gasteiger partial charge in [-0.2, -0.15) is 13.2 Å². The third-order valence-corrected chi connectivity index (χ3v) is 2.73. The lowest BCUT2D eigenvalue weighted by atomic mass is 10.1. The van der Waals surface area contributed by atoms with E-state index < -0.39 is 11.7 Å². The monoisotopic (exact) mass is 282 g/mol. The molecule has 1 heterocycles. The fourth-order valence-electron chi connectivity index (χ4n) is 1.69. The molecule has 0 saturated carbocycles. The largest absolute Gasteiger partial charge is 0.493 e. The Kier molecular flexibility index (Phi) is 4.12. The predicted molar refractivity (Wildman–Crippen MR) is 69.6 cm³/mol. The van der Waals surface area contributed by atoms with E-state index in [1.54, 1.807) is 18.3 Å². The van der Waals surface area contributed by atoms with E-state index in [1.807, 2.05) is 0 Å². The summed E-state index contributed by atoms with van der Waals surface area (Å²) in [4.78, 5) is 4.11. The second-order valence-electron chi connectivity index (χ2n) is 4.10. The van der Waals surface area contributed by atoms with E-state index in [-0.39, 0.29) is 0 Å². The molecule has 0 fully saturated rings. The first-order chi connectivity index (χ1) is 9.50. The van der Waals surface area contributed by atoms with Crippen molar-refractivity contribution in [3.8, 4) is 5.75 Å². The van der Waals surface area contributed by atoms with Crippen molar-refractivity contribution in [2.75, 3.05) is 12.4 Å². The summed E-state index contributed by atoms with van der Waals surface area (Å²) in [5.41, 5.74) is 0.0716. The van der Waals surface area contributed by atoms with Crippen LogP contribution in [0.4, 0.5) is 19.0 Å². The van der Waals surface area contributed by atoms with Crippen molar-refractivity contribution in [2.24, 2.45) is 0 Å². The number of nitrogens with zero attached hydrogens (tertiary/aromatic N) is 1. The highest BCUT2D eigenvalue weighted by Gasteiger charge is 2.29. The molecule has 2 rings (SSSR count). The number of alkyl halides is 3. The summed E-state index contributed by atoms with van der Waals surface area (Å²) in [5, 5.41) is 3.02. The van der Waals surface area contributed by atoms with Crippen LogP contribution in [0, 0.1) is 0 Å². The van der Waals surface area contributed by atoms with Gasteiger partial charge in [-0.1, -0.05) is 12.1 Å². The molecule has 0 bridgehead atoms. The molecule has 3 nitrogen and oxygen atoms in total. The number of nitrogens with one attached hydrogen (secondary N) is 1. The summed E-state index contributed by atoms with van der Waals surface area (Å²) < 4.78 is 42.4. The molecule has 1 N–H and O–H groups in total. The highest BCUT2D eigenvalue weighted by molar-refractivity contribution is 5.49. The molecule has 0 unspecified atom stereocenters. The molecule has 20 heavy (non-hydrogen) atoms. The molecule has 0 radical (unpaired) electrons. The van der Waals surface area contributed by atoms with Crippen molar-refractivity contribution in [3.63, 3.8) is 0 Å². The molecule has 0 atom stereocenters. The minimum Gasteiger partial charge on any atom is -0.493 e. The van der Waals surface area contributed by atoms with E-state index in [0.717, 1.165) is 17.7 Å². The summed E-state index contributed by atoms with van der Waals surface area (Å²) in [6, 6.07) is 8.49. The first-order valence-corrected chi connectivity index (χ1v) is 5.89. The Labute approximate surface area is 114 Å². The Hall–Kier alpha value is -2.24. The van der Waals surface area contributed by atoms with Gasteiger partial charge >= 0.3 is 6.18 Å². The van der Waals surface area contributed by atoms with E-state index in [0.29, 0.717) is 18.1 Å². The average Bonchev–Trinajstić information content (AvgIpc) is 2.45. The number of pyridine rings is 1. The molecule has 0 spiro atoms. The zero-order valence-electron chi connectivity index (χ0n) is 10.7. The third-order valence-electron chi connectivity index (χ3n) is 2.73. The van der Waals surface area contributed by atoms with Crippen LogP contribution in [0.3, 0.4) is 0 Å². The smallest absolute Gasteiger partial charge is 0.416 e. The summed E-state index contributed by atoms with van der Waals surface area (Å²) >= 11 is 0. The Bertz CT molecular complexity index is 567. The first-order valence-electron chi connectivity index (χ1n) is 5.89. The predicted octanol–water partition coefficient (Wildman–Crippen LogP) is 3.72. The molecule has 0 aliphatic rings. The molecule has 2 aromatic rings. The van der Waals surface area contributed by atoms with Crippen LogP contribution in [0.2, 0.25) is 0 Å². The summed E-state index contributed by atoms with van der Waals surface area (Å²) in [5.74, 6) is 1.13. The van der Waals surface area contributed by atoms with Crippen molar-refractivity contribution >= 4 is 5.82 Å². The van der Waals surface area contributed by atoms with Crippen molar-refractivity contribution in [1.82, 2.24) is 4.98 Å². The summed E-state index contributed by atoms with van der Waals surface area (Å²) in [6.45, 7) is 0.367. The van der Waals surface area contributed by atoms with E-state index in [9.17, 15) is 13.2 Å². The highest BCUT2D eigenvalue weighted by atomic mass is 19.4. The number of methoxy groups -OCH3 is 1. The molecule has 0 aliphatic heterocycles. The number of halogens is 3. The molecule has 106 valence electrons. The van der Waals surface area contributed by atoms with Crippen molar-refractivity contribution in [3.05, 3.63) is 53.7 Å². The van der Waals surface area contributed by atoms with Crippen LogP contribution in [0.1, 0.15) is 11.1 Å². The average molecular weight is 282 g/mol. The minimum absolute atomic E-state index is 0.367. The zero-order valence-corrected chi connectivity index (χ0v) is 10.7. The van der Waals surface area contributed by atoms with Gasteiger partial charge in [0.05, 0.1) is 12.7 Å². The van der Waals surface area contributed by atoms with Gasteiger partial charge in [0.2, 0.25) is 0 Å². The molecule has 0 saturated heterocycles. The van der Waals surface area contributed by atoms with E-state index in [4.69, 9.17) is 4.74 Å². The molecule has 1 aromatic carbocycles. The van der Waals surface area contributed by atoms with Gasteiger partial charge in [-0.15, -0.1) is 0 Å². The molecule has 0 amide bonds. The quantitative estimate of drug-likeness (QED) is 0.928. The van der Waals surface area contributed by atoms with Crippen LogP contribution in [0.15, 0.2) is 42.6 Å². The van der Waals surface area contributed by atoms with Crippen LogP contribution in [-0.2, 0) is 12.7 Å². The van der Waals surface area contributed by atoms with Crippen molar-refractivity contribution < 1.29 is 17.9 Å². The molecular formula is C14H13F3N2O. The Balaban J connectivity index is 2.04. The second kappa shape index (κ2) is 5.81. The van der Waals surface area contributed by atoms with Gasteiger partial charge in [0.1, 0.15) is 0 Å². The lowest BCUT2D eigenvalue weighted by Gasteiger charge is -2.11. The van der Waals surface area contributed by atoms with Crippen LogP contribution in [0.5, 0.6) is 5.75 Å². The van der Waals surface area contributed by atoms with Gasteiger partial charge in [0.15, 0.2) is 11.6 Å². The van der Waals surface area contributed by atoms with Crippen LogP contribution in [0.25, 0.3) is 0 Å². The molecule has 0 aliphatic carbocycles. The Morgan fingerprint density at radius 1 is 1.15 bits per heavy atom. The van der Waals surface area contributed by atoms with E-state index in [2.05, 4.69) is 10.3 Å². The van der Waals surface area contributed by atoms with Crippen molar-refractivity contribution in [2.45, 2.75) is 12.7 Å². The fourth-order valence-corrected chi connectivity index (χ4v) is 1.69. The van der Waals surface area contributed by atoms with Crippen LogP contribution >= 0.6 is 0 Å². The Morgan fingerprint density at radius 2 is 1.85 bits per heavy atom. The lowest BCUT2D eigenvalue weighted by molar-refractivity contribution is -0.137. The van der Waals surface area contributed by atoms with Crippen LogP contribution < -0.4 is 10.1 Å². The number of hydrogen-bond donors (Lipinski definition) is 1. The third kappa shape index (κ3) is 3.40. The number of anilines is 1. The number of hydrogen-bond acceptors (Lipinski definition) is 3. The normalized spacial score (nSPS) is 11.2. The number of ether oxygens (including phenoxy) is 1. The van der Waals surface area contributed by atoms with Gasteiger partial charge < -0.3 is 10.1 Å². The van der Waals surface area contributed by atoms with E-state index in [1.165, 1.54) is 19.2 Å². The maximum atomic E-state index is 12.4. The molecular weight excluding hydrogens is 269 g/mol. The lowest BCUT2D eigenvalue weighted by Crippen LogP contribution is -2.06. The number of rotatable bonds is 4. The first kappa shape index (κ1) is 14.2. The van der Waals surface area contributed by atoms with Gasteiger partial charge in [-0.3, -0.25) is 0 Å². The van der Waals surface area contributed by atoms with Crippen molar-refractivity contribution in [1.29, 1.82) is 0 Å². The maximum absolute atomic E-state index is 12.4. The standard InChI is InChI=1S/C14H13F3N2O/c1-20-12-3-2-8-18-13(12)19-9-10-4-6-11(7-5-10)14(15,16)17/h2-8H,9H2,1H3,(H,18,19). The molecule has 6 heteroatoms.